The van der Waals surface area contributed by atoms with Crippen molar-refractivity contribution in [2.24, 2.45) is 0 Å². The Labute approximate surface area is 282 Å². The molecule has 3 aromatic rings. The maximum atomic E-state index is 6.54. The first-order valence-electron chi connectivity index (χ1n) is 19.2. The quantitative estimate of drug-likeness (QED) is 0.0583. The number of unbranched alkanes of at least 4 members (excludes halogenated alkanes) is 22. The van der Waals surface area contributed by atoms with Gasteiger partial charge >= 0.3 is 0 Å². The molecule has 0 amide bonds. The van der Waals surface area contributed by atoms with Crippen LogP contribution in [0.5, 0.6) is 11.5 Å². The SMILES string of the molecule is CCCCCCCCCCCCCCOc1c2ccccc2c(OCCCCCCCCCCCCCC)c2cc(Cl)ccc12. The monoisotopic (exact) mass is 636 g/mol. The van der Waals surface area contributed by atoms with Crippen molar-refractivity contribution in [2.45, 2.75) is 168 Å². The van der Waals surface area contributed by atoms with E-state index < -0.39 is 0 Å². The van der Waals surface area contributed by atoms with Crippen molar-refractivity contribution >= 4 is 33.1 Å². The van der Waals surface area contributed by atoms with Crippen LogP contribution in [0, 0.1) is 0 Å². The molecule has 0 aromatic heterocycles. The summed E-state index contributed by atoms with van der Waals surface area (Å²) in [6, 6.07) is 14.7. The van der Waals surface area contributed by atoms with E-state index in [4.69, 9.17) is 21.1 Å². The molecule has 0 bridgehead atoms. The number of fused-ring (bicyclic) bond motifs is 2. The standard InChI is InChI=1S/C42H65ClO2/c1-3-5-7-9-11-13-15-17-19-21-23-27-33-44-41-37-29-25-26-30-38(37)42(40-35-36(43)31-32-39(40)41)45-34-28-24-22-20-18-16-14-12-10-8-6-4-2/h25-26,29-32,35H,3-24,27-28,33-34H2,1-2H3. The Morgan fingerprint density at radius 1 is 0.400 bits per heavy atom. The largest absolute Gasteiger partial charge is 0.492 e. The van der Waals surface area contributed by atoms with E-state index in [-0.39, 0.29) is 0 Å². The molecule has 3 aromatic carbocycles. The molecule has 0 saturated carbocycles. The van der Waals surface area contributed by atoms with Gasteiger partial charge in [-0.3, -0.25) is 0 Å². The zero-order chi connectivity index (χ0) is 31.8. The second-order valence-electron chi connectivity index (χ2n) is 13.4. The van der Waals surface area contributed by atoms with Crippen LogP contribution in [0.25, 0.3) is 21.5 Å². The van der Waals surface area contributed by atoms with Crippen molar-refractivity contribution in [2.75, 3.05) is 13.2 Å². The molecule has 0 spiro atoms. The van der Waals surface area contributed by atoms with Crippen LogP contribution >= 0.6 is 11.6 Å². The summed E-state index contributed by atoms with van der Waals surface area (Å²) in [5, 5.41) is 5.15. The molecule has 45 heavy (non-hydrogen) atoms. The number of ether oxygens (including phenoxy) is 2. The molecule has 0 fully saturated rings. The molecule has 3 heteroatoms. The fourth-order valence-electron chi connectivity index (χ4n) is 6.62. The maximum Gasteiger partial charge on any atom is 0.135 e. The summed E-state index contributed by atoms with van der Waals surface area (Å²) in [6.07, 6.45) is 32.3. The predicted octanol–water partition coefficient (Wildman–Crippen LogP) is 14.8. The van der Waals surface area contributed by atoms with Gasteiger partial charge in [0.05, 0.1) is 13.2 Å². The van der Waals surface area contributed by atoms with Gasteiger partial charge < -0.3 is 9.47 Å². The topological polar surface area (TPSA) is 18.5 Å². The molecule has 0 heterocycles. The fraction of sp³-hybridized carbons (Fsp3) is 0.667. The Bertz CT molecular complexity index is 1170. The van der Waals surface area contributed by atoms with Crippen molar-refractivity contribution in [1.82, 2.24) is 0 Å². The molecule has 0 atom stereocenters. The third-order valence-electron chi connectivity index (χ3n) is 9.38. The van der Waals surface area contributed by atoms with Gasteiger partial charge in [0, 0.05) is 26.6 Å². The summed E-state index contributed by atoms with van der Waals surface area (Å²) < 4.78 is 13.1. The zero-order valence-corrected chi connectivity index (χ0v) is 29.9. The van der Waals surface area contributed by atoms with Crippen LogP contribution in [0.3, 0.4) is 0 Å². The normalized spacial score (nSPS) is 11.5. The zero-order valence-electron chi connectivity index (χ0n) is 29.1. The third-order valence-corrected chi connectivity index (χ3v) is 9.61. The van der Waals surface area contributed by atoms with Gasteiger partial charge in [-0.05, 0) is 31.0 Å². The van der Waals surface area contributed by atoms with Crippen molar-refractivity contribution in [3.8, 4) is 11.5 Å². The number of hydrogen-bond donors (Lipinski definition) is 0. The van der Waals surface area contributed by atoms with Gasteiger partial charge in [-0.25, -0.2) is 0 Å². The Hall–Kier alpha value is -1.93. The highest BCUT2D eigenvalue weighted by Crippen LogP contribution is 2.43. The van der Waals surface area contributed by atoms with E-state index in [1.165, 1.54) is 141 Å². The van der Waals surface area contributed by atoms with Gasteiger partial charge in [-0.15, -0.1) is 0 Å². The summed E-state index contributed by atoms with van der Waals surface area (Å²) in [7, 11) is 0. The number of halogens is 1. The molecule has 3 rings (SSSR count). The van der Waals surface area contributed by atoms with Gasteiger partial charge in [0.1, 0.15) is 11.5 Å². The van der Waals surface area contributed by atoms with E-state index in [1.54, 1.807) is 0 Å². The highest BCUT2D eigenvalue weighted by atomic mass is 35.5. The molecule has 0 aliphatic carbocycles. The summed E-state index contributed by atoms with van der Waals surface area (Å²) in [5.41, 5.74) is 0. The van der Waals surface area contributed by atoms with Crippen LogP contribution in [0.2, 0.25) is 5.02 Å². The van der Waals surface area contributed by atoms with E-state index in [9.17, 15) is 0 Å². The van der Waals surface area contributed by atoms with Gasteiger partial charge in [-0.2, -0.15) is 0 Å². The molecule has 0 radical (unpaired) electrons. The summed E-state index contributed by atoms with van der Waals surface area (Å²) in [6.45, 7) is 6.07. The molecule has 0 aliphatic rings. The van der Waals surface area contributed by atoms with Crippen molar-refractivity contribution in [3.63, 3.8) is 0 Å². The van der Waals surface area contributed by atoms with Gasteiger partial charge in [0.15, 0.2) is 0 Å². The van der Waals surface area contributed by atoms with Gasteiger partial charge in [0.2, 0.25) is 0 Å². The molecular formula is C42H65ClO2. The second-order valence-corrected chi connectivity index (χ2v) is 13.8. The fourth-order valence-corrected chi connectivity index (χ4v) is 6.79. The first-order chi connectivity index (χ1) is 22.3. The Morgan fingerprint density at radius 2 is 0.733 bits per heavy atom. The molecule has 0 N–H and O–H groups in total. The first-order valence-corrected chi connectivity index (χ1v) is 19.5. The smallest absolute Gasteiger partial charge is 0.135 e. The van der Waals surface area contributed by atoms with Crippen LogP contribution in [0.15, 0.2) is 42.5 Å². The molecular weight excluding hydrogens is 572 g/mol. The maximum absolute atomic E-state index is 6.54. The number of rotatable bonds is 28. The van der Waals surface area contributed by atoms with E-state index >= 15 is 0 Å². The summed E-state index contributed by atoms with van der Waals surface area (Å²) in [5.74, 6) is 1.92. The third kappa shape index (κ3) is 14.6. The lowest BCUT2D eigenvalue weighted by atomic mass is 10.0. The molecule has 0 aliphatic heterocycles. The highest BCUT2D eigenvalue weighted by Gasteiger charge is 2.16. The van der Waals surface area contributed by atoms with Crippen LogP contribution in [-0.2, 0) is 0 Å². The summed E-state index contributed by atoms with van der Waals surface area (Å²) >= 11 is 6.52. The molecule has 0 unspecified atom stereocenters. The van der Waals surface area contributed by atoms with Crippen LogP contribution in [-0.4, -0.2) is 13.2 Å². The molecule has 252 valence electrons. The van der Waals surface area contributed by atoms with Crippen LogP contribution in [0.1, 0.15) is 168 Å². The minimum atomic E-state index is 0.736. The lowest BCUT2D eigenvalue weighted by molar-refractivity contribution is 0.306. The summed E-state index contributed by atoms with van der Waals surface area (Å²) in [4.78, 5) is 0. The second kappa shape index (κ2) is 24.3. The Balaban J connectivity index is 1.43. The van der Waals surface area contributed by atoms with E-state index in [2.05, 4.69) is 50.2 Å². The van der Waals surface area contributed by atoms with Crippen molar-refractivity contribution in [1.29, 1.82) is 0 Å². The first kappa shape index (κ1) is 37.5. The highest BCUT2D eigenvalue weighted by molar-refractivity contribution is 6.31. The average molecular weight is 637 g/mol. The lowest BCUT2D eigenvalue weighted by Crippen LogP contribution is -2.02. The number of hydrogen-bond acceptors (Lipinski definition) is 2. The number of benzene rings is 3. The molecule has 2 nitrogen and oxygen atoms in total. The van der Waals surface area contributed by atoms with Crippen LogP contribution in [0.4, 0.5) is 0 Å². The lowest BCUT2D eigenvalue weighted by Gasteiger charge is -2.18. The van der Waals surface area contributed by atoms with E-state index in [1.807, 2.05) is 6.07 Å². The van der Waals surface area contributed by atoms with Crippen LogP contribution < -0.4 is 9.47 Å². The predicted molar refractivity (Wildman–Crippen MR) is 200 cm³/mol. The van der Waals surface area contributed by atoms with Gasteiger partial charge in [-0.1, -0.05) is 191 Å². The molecule has 0 saturated heterocycles. The Morgan fingerprint density at radius 3 is 1.13 bits per heavy atom. The van der Waals surface area contributed by atoms with Crippen molar-refractivity contribution in [3.05, 3.63) is 47.5 Å². The van der Waals surface area contributed by atoms with Crippen molar-refractivity contribution < 1.29 is 9.47 Å². The minimum Gasteiger partial charge on any atom is -0.492 e. The van der Waals surface area contributed by atoms with E-state index in [0.717, 1.165) is 64.1 Å². The average Bonchev–Trinajstić information content (AvgIpc) is 3.05. The van der Waals surface area contributed by atoms with Gasteiger partial charge in [0.25, 0.3) is 0 Å². The minimum absolute atomic E-state index is 0.736. The van der Waals surface area contributed by atoms with E-state index in [0.29, 0.717) is 0 Å². The Kier molecular flexibility index (Phi) is 20.2.